The van der Waals surface area contributed by atoms with Gasteiger partial charge in [0, 0.05) is 16.6 Å². The van der Waals surface area contributed by atoms with Crippen LogP contribution in [-0.4, -0.2) is 18.7 Å². The highest BCUT2D eigenvalue weighted by Gasteiger charge is 2.22. The van der Waals surface area contributed by atoms with Crippen molar-refractivity contribution in [3.63, 3.8) is 0 Å². The normalized spacial score (nSPS) is 14.6. The SMILES string of the molecule is C[C@H](N[C@H](c1ccccc1)c1cccs1)C(=O)Nc1ccc2c(c1)OCO2. The van der Waals surface area contributed by atoms with Crippen molar-refractivity contribution in [3.05, 3.63) is 76.5 Å². The van der Waals surface area contributed by atoms with Gasteiger partial charge in [-0.25, -0.2) is 0 Å². The van der Waals surface area contributed by atoms with Crippen LogP contribution in [0.4, 0.5) is 5.69 Å². The maximum atomic E-state index is 12.7. The zero-order valence-electron chi connectivity index (χ0n) is 14.8. The molecule has 0 radical (unpaired) electrons. The van der Waals surface area contributed by atoms with E-state index in [1.54, 1.807) is 23.5 Å². The zero-order valence-corrected chi connectivity index (χ0v) is 15.7. The monoisotopic (exact) mass is 380 g/mol. The van der Waals surface area contributed by atoms with E-state index >= 15 is 0 Å². The van der Waals surface area contributed by atoms with E-state index in [1.165, 1.54) is 4.88 Å². The molecule has 0 saturated heterocycles. The lowest BCUT2D eigenvalue weighted by Crippen LogP contribution is -2.40. The third kappa shape index (κ3) is 3.97. The molecule has 0 spiro atoms. The van der Waals surface area contributed by atoms with E-state index in [0.29, 0.717) is 17.2 Å². The second kappa shape index (κ2) is 7.82. The van der Waals surface area contributed by atoms with Gasteiger partial charge in [-0.15, -0.1) is 11.3 Å². The molecule has 138 valence electrons. The van der Waals surface area contributed by atoms with Gasteiger partial charge < -0.3 is 14.8 Å². The van der Waals surface area contributed by atoms with Crippen LogP contribution in [0.5, 0.6) is 11.5 Å². The molecule has 0 unspecified atom stereocenters. The minimum atomic E-state index is -0.386. The van der Waals surface area contributed by atoms with E-state index in [1.807, 2.05) is 42.6 Å². The van der Waals surface area contributed by atoms with Gasteiger partial charge in [0.15, 0.2) is 11.5 Å². The Morgan fingerprint density at radius 1 is 1.04 bits per heavy atom. The number of fused-ring (bicyclic) bond motifs is 1. The first kappa shape index (κ1) is 17.6. The number of hydrogen-bond donors (Lipinski definition) is 2. The van der Waals surface area contributed by atoms with Crippen molar-refractivity contribution in [2.45, 2.75) is 19.0 Å². The zero-order chi connectivity index (χ0) is 18.6. The molecule has 1 aliphatic rings. The van der Waals surface area contributed by atoms with Crippen LogP contribution in [0.15, 0.2) is 66.0 Å². The molecule has 0 saturated carbocycles. The van der Waals surface area contributed by atoms with Crippen molar-refractivity contribution in [3.8, 4) is 11.5 Å². The highest BCUT2D eigenvalue weighted by molar-refractivity contribution is 7.10. The quantitative estimate of drug-likeness (QED) is 0.673. The number of carbonyl (C=O) groups excluding carboxylic acids is 1. The fraction of sp³-hybridized carbons (Fsp3) is 0.190. The molecule has 1 amide bonds. The van der Waals surface area contributed by atoms with E-state index in [4.69, 9.17) is 9.47 Å². The molecule has 2 N–H and O–H groups in total. The molecule has 0 fully saturated rings. The molecule has 1 aliphatic heterocycles. The number of thiophene rings is 1. The smallest absolute Gasteiger partial charge is 0.241 e. The summed E-state index contributed by atoms with van der Waals surface area (Å²) in [5, 5.41) is 8.44. The number of nitrogens with one attached hydrogen (secondary N) is 2. The standard InChI is InChI=1S/C21H20N2O3S/c1-14(21(24)23-16-9-10-17-18(12-16)26-13-25-17)22-20(19-8-5-11-27-19)15-6-3-2-4-7-15/h2-12,14,20,22H,13H2,1H3,(H,23,24)/t14-,20+/m0/s1. The van der Waals surface area contributed by atoms with Crippen LogP contribution in [0.3, 0.4) is 0 Å². The molecule has 0 aliphatic carbocycles. The molecule has 4 rings (SSSR count). The summed E-state index contributed by atoms with van der Waals surface area (Å²) in [6, 6.07) is 19.2. The van der Waals surface area contributed by atoms with E-state index < -0.39 is 0 Å². The summed E-state index contributed by atoms with van der Waals surface area (Å²) >= 11 is 1.67. The predicted molar refractivity (Wildman–Crippen MR) is 106 cm³/mol. The van der Waals surface area contributed by atoms with Gasteiger partial charge in [0.05, 0.1) is 12.1 Å². The Kier molecular flexibility index (Phi) is 5.09. The number of carbonyl (C=O) groups is 1. The van der Waals surface area contributed by atoms with Crippen molar-refractivity contribution < 1.29 is 14.3 Å². The summed E-state index contributed by atoms with van der Waals surface area (Å²) in [6.45, 7) is 2.08. The van der Waals surface area contributed by atoms with Gasteiger partial charge in [-0.2, -0.15) is 0 Å². The minimum Gasteiger partial charge on any atom is -0.454 e. The third-order valence-electron chi connectivity index (χ3n) is 4.41. The number of rotatable bonds is 6. The second-order valence-electron chi connectivity index (χ2n) is 6.30. The van der Waals surface area contributed by atoms with Crippen molar-refractivity contribution in [1.29, 1.82) is 0 Å². The molecule has 0 bridgehead atoms. The summed E-state index contributed by atoms with van der Waals surface area (Å²) in [4.78, 5) is 13.9. The van der Waals surface area contributed by atoms with E-state index in [0.717, 1.165) is 5.56 Å². The van der Waals surface area contributed by atoms with E-state index in [9.17, 15) is 4.79 Å². The van der Waals surface area contributed by atoms with Crippen LogP contribution in [0.2, 0.25) is 0 Å². The maximum absolute atomic E-state index is 12.7. The Morgan fingerprint density at radius 2 is 1.85 bits per heavy atom. The number of benzene rings is 2. The van der Waals surface area contributed by atoms with Gasteiger partial charge in [0.1, 0.15) is 0 Å². The number of anilines is 1. The van der Waals surface area contributed by atoms with Crippen molar-refractivity contribution in [2.24, 2.45) is 0 Å². The first-order chi connectivity index (χ1) is 13.2. The molecule has 3 aromatic rings. The number of hydrogen-bond acceptors (Lipinski definition) is 5. The summed E-state index contributed by atoms with van der Waals surface area (Å²) in [7, 11) is 0. The molecule has 6 heteroatoms. The first-order valence-electron chi connectivity index (χ1n) is 8.75. The largest absolute Gasteiger partial charge is 0.454 e. The molecule has 1 aromatic heterocycles. The van der Waals surface area contributed by atoms with E-state index in [2.05, 4.69) is 28.8 Å². The Morgan fingerprint density at radius 3 is 2.63 bits per heavy atom. The van der Waals surface area contributed by atoms with Gasteiger partial charge in [-0.05, 0) is 36.1 Å². The van der Waals surface area contributed by atoms with E-state index in [-0.39, 0.29) is 24.8 Å². The summed E-state index contributed by atoms with van der Waals surface area (Å²) in [5.74, 6) is 1.24. The van der Waals surface area contributed by atoms with Gasteiger partial charge in [0.2, 0.25) is 12.7 Å². The highest BCUT2D eigenvalue weighted by atomic mass is 32.1. The second-order valence-corrected chi connectivity index (χ2v) is 7.28. The summed E-state index contributed by atoms with van der Waals surface area (Å²) < 4.78 is 10.7. The van der Waals surface area contributed by atoms with Crippen LogP contribution in [0, 0.1) is 0 Å². The molecular formula is C21H20N2O3S. The average Bonchev–Trinajstić information content (AvgIpc) is 3.38. The van der Waals surface area contributed by atoms with Crippen LogP contribution in [-0.2, 0) is 4.79 Å². The van der Waals surface area contributed by atoms with Gasteiger partial charge >= 0.3 is 0 Å². The first-order valence-corrected chi connectivity index (χ1v) is 9.63. The Hall–Kier alpha value is -2.83. The van der Waals surface area contributed by atoms with Gasteiger partial charge in [-0.1, -0.05) is 36.4 Å². The minimum absolute atomic E-state index is 0.0382. The van der Waals surface area contributed by atoms with Crippen LogP contribution in [0.1, 0.15) is 23.4 Å². The summed E-state index contributed by atoms with van der Waals surface area (Å²) in [6.07, 6.45) is 0. The molecular weight excluding hydrogens is 360 g/mol. The molecule has 2 atom stereocenters. The number of ether oxygens (including phenoxy) is 2. The highest BCUT2D eigenvalue weighted by Crippen LogP contribution is 2.34. The lowest BCUT2D eigenvalue weighted by atomic mass is 10.0. The van der Waals surface area contributed by atoms with Crippen LogP contribution >= 0.6 is 11.3 Å². The van der Waals surface area contributed by atoms with Crippen molar-refractivity contribution in [2.75, 3.05) is 12.1 Å². The topological polar surface area (TPSA) is 59.6 Å². The molecule has 27 heavy (non-hydrogen) atoms. The molecule has 5 nitrogen and oxygen atoms in total. The van der Waals surface area contributed by atoms with Gasteiger partial charge in [-0.3, -0.25) is 10.1 Å². The van der Waals surface area contributed by atoms with Crippen LogP contribution < -0.4 is 20.1 Å². The lowest BCUT2D eigenvalue weighted by Gasteiger charge is -2.22. The Balaban J connectivity index is 1.47. The lowest BCUT2D eigenvalue weighted by molar-refractivity contribution is -0.117. The molecule has 2 heterocycles. The number of amides is 1. The van der Waals surface area contributed by atoms with Crippen molar-refractivity contribution in [1.82, 2.24) is 5.32 Å². The fourth-order valence-electron chi connectivity index (χ4n) is 2.99. The maximum Gasteiger partial charge on any atom is 0.241 e. The molecule has 2 aromatic carbocycles. The third-order valence-corrected chi connectivity index (χ3v) is 5.35. The average molecular weight is 380 g/mol. The Labute approximate surface area is 161 Å². The fourth-order valence-corrected chi connectivity index (χ4v) is 3.81. The Bertz CT molecular complexity index is 912. The van der Waals surface area contributed by atoms with Gasteiger partial charge in [0.25, 0.3) is 0 Å². The predicted octanol–water partition coefficient (Wildman–Crippen LogP) is 4.18. The van der Waals surface area contributed by atoms with Crippen LogP contribution in [0.25, 0.3) is 0 Å². The van der Waals surface area contributed by atoms with Crippen molar-refractivity contribution >= 4 is 22.9 Å². The summed E-state index contributed by atoms with van der Waals surface area (Å²) in [5.41, 5.74) is 1.81.